The summed E-state index contributed by atoms with van der Waals surface area (Å²) in [6, 6.07) is 7.97. The van der Waals surface area contributed by atoms with Crippen LogP contribution in [0.2, 0.25) is 0 Å². The highest BCUT2D eigenvalue weighted by atomic mass is 16.5. The summed E-state index contributed by atoms with van der Waals surface area (Å²) in [6.07, 6.45) is 10.8. The number of allylic oxidation sites excluding steroid dienone is 2. The fraction of sp³-hybridized carbons (Fsp3) is 0.478. The number of aliphatic hydroxyl groups is 1. The van der Waals surface area contributed by atoms with E-state index in [1.165, 1.54) is 6.42 Å². The number of hydrogen-bond donors (Lipinski definition) is 2. The molecule has 1 saturated carbocycles. The molecule has 1 aromatic carbocycles. The van der Waals surface area contributed by atoms with E-state index in [1.807, 2.05) is 36.7 Å². The summed E-state index contributed by atoms with van der Waals surface area (Å²) < 4.78 is 11.8. The Labute approximate surface area is 176 Å². The minimum Gasteiger partial charge on any atom is -0.491 e. The van der Waals surface area contributed by atoms with Gasteiger partial charge >= 0.3 is 0 Å². The smallest absolute Gasteiger partial charge is 0.265 e. The van der Waals surface area contributed by atoms with Crippen LogP contribution in [0.5, 0.6) is 5.75 Å². The Morgan fingerprint density at radius 3 is 2.97 bits per heavy atom. The molecule has 0 spiro atoms. The molecule has 5 rings (SSSR count). The van der Waals surface area contributed by atoms with Crippen LogP contribution < -0.4 is 10.6 Å². The maximum absolute atomic E-state index is 9.39. The Morgan fingerprint density at radius 2 is 2.17 bits per heavy atom. The summed E-state index contributed by atoms with van der Waals surface area (Å²) in [6.45, 7) is 1.61. The first-order valence-electron chi connectivity index (χ1n) is 10.9. The third-order valence-corrected chi connectivity index (χ3v) is 6.51. The van der Waals surface area contributed by atoms with Crippen LogP contribution in [-0.4, -0.2) is 47.7 Å². The monoisotopic (exact) mass is 409 g/mol. The van der Waals surface area contributed by atoms with Crippen molar-refractivity contribution < 1.29 is 19.2 Å². The van der Waals surface area contributed by atoms with Gasteiger partial charge in [-0.2, -0.15) is 10.8 Å². The predicted octanol–water partition coefficient (Wildman–Crippen LogP) is 2.87. The van der Waals surface area contributed by atoms with Gasteiger partial charge in [0.2, 0.25) is 5.70 Å². The Morgan fingerprint density at radius 1 is 1.27 bits per heavy atom. The number of aliphatic imine (C=N–C) groups is 2. The number of benzene rings is 1. The maximum atomic E-state index is 9.39. The van der Waals surface area contributed by atoms with E-state index in [4.69, 9.17) is 20.3 Å². The lowest BCUT2D eigenvalue weighted by Crippen LogP contribution is -2.53. The molecule has 0 aromatic heterocycles. The molecular formula is C23H29N4O3+. The lowest BCUT2D eigenvalue weighted by molar-refractivity contribution is -0.750. The fourth-order valence-corrected chi connectivity index (χ4v) is 4.67. The zero-order valence-electron chi connectivity index (χ0n) is 17.1. The van der Waals surface area contributed by atoms with Crippen molar-refractivity contribution >= 4 is 12.1 Å². The van der Waals surface area contributed by atoms with Gasteiger partial charge in [-0.15, -0.1) is 4.59 Å². The quantitative estimate of drug-likeness (QED) is 0.558. The fourth-order valence-electron chi connectivity index (χ4n) is 4.67. The van der Waals surface area contributed by atoms with Gasteiger partial charge < -0.3 is 14.6 Å². The Kier molecular flexibility index (Phi) is 5.28. The van der Waals surface area contributed by atoms with Gasteiger partial charge in [0, 0.05) is 19.1 Å². The Balaban J connectivity index is 1.38. The van der Waals surface area contributed by atoms with Gasteiger partial charge in [-0.3, -0.25) is 4.99 Å². The molecule has 7 nitrogen and oxygen atoms in total. The number of amidine groups is 1. The van der Waals surface area contributed by atoms with Crippen LogP contribution in [0.4, 0.5) is 0 Å². The first-order chi connectivity index (χ1) is 14.7. The Hall–Kier alpha value is -2.32. The first kappa shape index (κ1) is 19.6. The lowest BCUT2D eigenvalue weighted by Gasteiger charge is -2.33. The molecular weight excluding hydrogens is 380 g/mol. The van der Waals surface area contributed by atoms with Gasteiger partial charge in [-0.25, -0.2) is 0 Å². The number of fused-ring (bicyclic) bond motifs is 1. The normalized spacial score (nSPS) is 32.6. The van der Waals surface area contributed by atoms with Crippen molar-refractivity contribution in [3.63, 3.8) is 0 Å². The van der Waals surface area contributed by atoms with Crippen molar-refractivity contribution in [3.05, 3.63) is 53.6 Å². The molecule has 1 aromatic rings. The van der Waals surface area contributed by atoms with Crippen LogP contribution in [0.15, 0.2) is 58.0 Å². The van der Waals surface area contributed by atoms with Crippen LogP contribution in [0.25, 0.3) is 0 Å². The number of quaternary nitrogens is 1. The molecule has 158 valence electrons. The van der Waals surface area contributed by atoms with Gasteiger partial charge in [0.25, 0.3) is 5.84 Å². The highest BCUT2D eigenvalue weighted by Gasteiger charge is 2.48. The number of nitrogens with zero attached hydrogens (tertiary/aromatic N) is 3. The van der Waals surface area contributed by atoms with Crippen LogP contribution >= 0.6 is 0 Å². The molecule has 0 bridgehead atoms. The van der Waals surface area contributed by atoms with E-state index in [2.05, 4.69) is 4.99 Å². The molecule has 4 aliphatic rings. The molecule has 2 fully saturated rings. The van der Waals surface area contributed by atoms with Crippen LogP contribution in [0.1, 0.15) is 37.7 Å². The second kappa shape index (κ2) is 8.07. The molecule has 0 radical (unpaired) electrons. The molecule has 2 unspecified atom stereocenters. The molecule has 3 heterocycles. The minimum atomic E-state index is 0.0221. The minimum absolute atomic E-state index is 0.0221. The van der Waals surface area contributed by atoms with Gasteiger partial charge in [0.05, 0.1) is 24.1 Å². The van der Waals surface area contributed by atoms with Crippen molar-refractivity contribution in [2.75, 3.05) is 19.8 Å². The highest BCUT2D eigenvalue weighted by molar-refractivity contribution is 6.00. The first-order valence-corrected chi connectivity index (χ1v) is 10.9. The van der Waals surface area contributed by atoms with E-state index < -0.39 is 0 Å². The second-order valence-electron chi connectivity index (χ2n) is 8.60. The lowest BCUT2D eigenvalue weighted by atomic mass is 9.73. The number of aliphatic hydroxyl groups excluding tert-OH is 1. The summed E-state index contributed by atoms with van der Waals surface area (Å²) >= 11 is 0. The van der Waals surface area contributed by atoms with E-state index in [1.54, 1.807) is 6.20 Å². The molecule has 7 heteroatoms. The molecule has 30 heavy (non-hydrogen) atoms. The predicted molar refractivity (Wildman–Crippen MR) is 114 cm³/mol. The molecule has 0 amide bonds. The second-order valence-corrected chi connectivity index (χ2v) is 8.60. The van der Waals surface area contributed by atoms with Crippen molar-refractivity contribution in [1.82, 2.24) is 0 Å². The zero-order valence-corrected chi connectivity index (χ0v) is 17.1. The van der Waals surface area contributed by atoms with E-state index in [9.17, 15) is 5.11 Å². The van der Waals surface area contributed by atoms with Gasteiger partial charge in [-0.05, 0) is 56.2 Å². The van der Waals surface area contributed by atoms with Crippen molar-refractivity contribution in [2.24, 2.45) is 27.7 Å². The molecule has 3 aliphatic heterocycles. The summed E-state index contributed by atoms with van der Waals surface area (Å²) in [4.78, 5) is 9.30. The maximum Gasteiger partial charge on any atom is 0.265 e. The SMILES string of the molecule is N[N+]12C=CN=CC1=C(C1CC(CO)C1)N=C2c1cccc(OCC2CCCCO2)c1. The van der Waals surface area contributed by atoms with Gasteiger partial charge in [0.15, 0.2) is 0 Å². The topological polar surface area (TPSA) is 89.4 Å². The molecule has 2 atom stereocenters. The van der Waals surface area contributed by atoms with E-state index in [-0.39, 0.29) is 17.3 Å². The van der Waals surface area contributed by atoms with E-state index >= 15 is 0 Å². The van der Waals surface area contributed by atoms with E-state index in [0.29, 0.717) is 18.4 Å². The van der Waals surface area contributed by atoms with Crippen LogP contribution in [0, 0.1) is 11.8 Å². The summed E-state index contributed by atoms with van der Waals surface area (Å²) in [5, 5.41) is 9.39. The highest BCUT2D eigenvalue weighted by Crippen LogP contribution is 2.44. The molecule has 3 N–H and O–H groups in total. The summed E-state index contributed by atoms with van der Waals surface area (Å²) in [5.41, 5.74) is 2.84. The number of hydrogen-bond acceptors (Lipinski definition) is 6. The number of ether oxygens (including phenoxy) is 2. The average Bonchev–Trinajstić information content (AvgIpc) is 3.05. The van der Waals surface area contributed by atoms with Crippen LogP contribution in [-0.2, 0) is 4.74 Å². The summed E-state index contributed by atoms with van der Waals surface area (Å²) in [5.74, 6) is 9.06. The van der Waals surface area contributed by atoms with Gasteiger partial charge in [0.1, 0.15) is 24.3 Å². The zero-order chi connectivity index (χ0) is 20.6. The molecule has 1 saturated heterocycles. The largest absolute Gasteiger partial charge is 0.491 e. The van der Waals surface area contributed by atoms with Crippen molar-refractivity contribution in [3.8, 4) is 5.75 Å². The summed E-state index contributed by atoms with van der Waals surface area (Å²) in [7, 11) is 0. The number of nitrogens with two attached hydrogens (primary N) is 1. The van der Waals surface area contributed by atoms with Gasteiger partial charge in [-0.1, -0.05) is 6.07 Å². The van der Waals surface area contributed by atoms with Crippen LogP contribution in [0.3, 0.4) is 0 Å². The van der Waals surface area contributed by atoms with Crippen molar-refractivity contribution in [1.29, 1.82) is 0 Å². The van der Waals surface area contributed by atoms with E-state index in [0.717, 1.165) is 60.8 Å². The third kappa shape index (κ3) is 3.52. The standard InChI is InChI=1S/C23H29N4O3/c24-27-8-7-25-13-21(27)22(18-10-16(11-18)14-28)26-23(27)17-4-3-6-19(12-17)30-15-20-5-1-2-9-29-20/h3-4,6-8,12-13,16,18,20,28H,1-2,5,9-11,14-15,24H2/q+1. The molecule has 1 aliphatic carbocycles. The Bertz CT molecular complexity index is 926. The average molecular weight is 410 g/mol. The number of rotatable bonds is 6. The third-order valence-electron chi connectivity index (χ3n) is 6.51. The van der Waals surface area contributed by atoms with Crippen molar-refractivity contribution in [2.45, 2.75) is 38.2 Å².